The summed E-state index contributed by atoms with van der Waals surface area (Å²) < 4.78 is 18.4. The van der Waals surface area contributed by atoms with Gasteiger partial charge in [-0.05, 0) is 31.2 Å². The lowest BCUT2D eigenvalue weighted by Crippen LogP contribution is -2.15. The second kappa shape index (κ2) is 6.76. The molecular weight excluding hydrogens is 265 g/mol. The van der Waals surface area contributed by atoms with E-state index in [2.05, 4.69) is 15.5 Å². The molecule has 0 radical (unpaired) electrons. The molecule has 6 nitrogen and oxygen atoms in total. The number of hydrogen-bond acceptors (Lipinski definition) is 5. The van der Waals surface area contributed by atoms with Gasteiger partial charge in [0.05, 0.1) is 6.54 Å². The first kappa shape index (κ1) is 14.1. The van der Waals surface area contributed by atoms with E-state index in [1.54, 1.807) is 12.1 Å². The predicted molar refractivity (Wildman–Crippen MR) is 68.3 cm³/mol. The van der Waals surface area contributed by atoms with E-state index < -0.39 is 5.97 Å². The van der Waals surface area contributed by atoms with Crippen LogP contribution in [0.25, 0.3) is 11.5 Å². The molecule has 2 rings (SSSR count). The first-order valence-corrected chi connectivity index (χ1v) is 6.16. The molecule has 2 aromatic rings. The zero-order valence-corrected chi connectivity index (χ0v) is 10.7. The molecule has 0 bridgehead atoms. The maximum Gasteiger partial charge on any atom is 0.303 e. The van der Waals surface area contributed by atoms with Crippen LogP contribution in [-0.2, 0) is 11.3 Å². The van der Waals surface area contributed by atoms with Crippen LogP contribution in [0.1, 0.15) is 18.7 Å². The van der Waals surface area contributed by atoms with E-state index in [0.717, 1.165) is 0 Å². The van der Waals surface area contributed by atoms with Gasteiger partial charge in [-0.1, -0.05) is 6.07 Å². The lowest BCUT2D eigenvalue weighted by atomic mass is 10.2. The molecular formula is C13H14FN3O3. The summed E-state index contributed by atoms with van der Waals surface area (Å²) in [6, 6.07) is 5.90. The van der Waals surface area contributed by atoms with Crippen molar-refractivity contribution >= 4 is 5.97 Å². The van der Waals surface area contributed by atoms with Crippen LogP contribution in [0.2, 0.25) is 0 Å². The number of aliphatic carboxylic acids is 1. The van der Waals surface area contributed by atoms with E-state index in [1.165, 1.54) is 12.1 Å². The summed E-state index contributed by atoms with van der Waals surface area (Å²) in [6.45, 7) is 0.895. The highest BCUT2D eigenvalue weighted by Gasteiger charge is 2.08. The number of aromatic nitrogens is 2. The number of benzene rings is 1. The minimum atomic E-state index is -0.821. The largest absolute Gasteiger partial charge is 0.481 e. The van der Waals surface area contributed by atoms with Crippen molar-refractivity contribution in [1.82, 2.24) is 15.5 Å². The number of halogens is 1. The van der Waals surface area contributed by atoms with Crippen LogP contribution in [0.4, 0.5) is 4.39 Å². The van der Waals surface area contributed by atoms with Crippen LogP contribution in [0.15, 0.2) is 28.7 Å². The van der Waals surface area contributed by atoms with Crippen LogP contribution in [0.5, 0.6) is 0 Å². The lowest BCUT2D eigenvalue weighted by Gasteiger charge is -1.99. The van der Waals surface area contributed by atoms with Gasteiger partial charge in [0.2, 0.25) is 11.8 Å². The summed E-state index contributed by atoms with van der Waals surface area (Å²) in [6.07, 6.45) is 0.644. The lowest BCUT2D eigenvalue weighted by molar-refractivity contribution is -0.137. The molecule has 0 saturated carbocycles. The van der Waals surface area contributed by atoms with Crippen molar-refractivity contribution in [2.24, 2.45) is 0 Å². The van der Waals surface area contributed by atoms with Gasteiger partial charge in [-0.15, -0.1) is 10.2 Å². The first-order valence-electron chi connectivity index (χ1n) is 6.16. The Kier molecular flexibility index (Phi) is 4.78. The second-order valence-electron chi connectivity index (χ2n) is 4.19. The number of carboxylic acids is 1. The molecule has 106 valence electrons. The molecule has 0 aliphatic heterocycles. The monoisotopic (exact) mass is 279 g/mol. The predicted octanol–water partition coefficient (Wildman–Crippen LogP) is 1.83. The average molecular weight is 279 g/mol. The van der Waals surface area contributed by atoms with E-state index in [-0.39, 0.29) is 18.1 Å². The fraction of sp³-hybridized carbons (Fsp3) is 0.308. The molecule has 0 aliphatic carbocycles. The second-order valence-corrected chi connectivity index (χ2v) is 4.19. The Morgan fingerprint density at radius 2 is 2.25 bits per heavy atom. The van der Waals surface area contributed by atoms with Crippen LogP contribution >= 0.6 is 0 Å². The SMILES string of the molecule is O=C(O)CCCNCc1nnc(-c2cccc(F)c2)o1. The van der Waals surface area contributed by atoms with Gasteiger partial charge < -0.3 is 14.8 Å². The molecule has 7 heteroatoms. The Bertz CT molecular complexity index is 586. The van der Waals surface area contributed by atoms with Gasteiger partial charge in [0.1, 0.15) is 5.82 Å². The summed E-state index contributed by atoms with van der Waals surface area (Å²) in [5.74, 6) is -0.557. The van der Waals surface area contributed by atoms with Crippen molar-refractivity contribution in [3.8, 4) is 11.5 Å². The third-order valence-corrected chi connectivity index (χ3v) is 2.56. The number of hydrogen-bond donors (Lipinski definition) is 2. The summed E-state index contributed by atoms with van der Waals surface area (Å²) in [4.78, 5) is 10.3. The van der Waals surface area contributed by atoms with E-state index >= 15 is 0 Å². The van der Waals surface area contributed by atoms with Crippen molar-refractivity contribution < 1.29 is 18.7 Å². The summed E-state index contributed by atoms with van der Waals surface area (Å²) >= 11 is 0. The Morgan fingerprint density at radius 1 is 1.40 bits per heavy atom. The van der Waals surface area contributed by atoms with Crippen molar-refractivity contribution in [1.29, 1.82) is 0 Å². The highest BCUT2D eigenvalue weighted by atomic mass is 19.1. The fourth-order valence-electron chi connectivity index (χ4n) is 1.62. The van der Waals surface area contributed by atoms with Crippen LogP contribution < -0.4 is 5.32 Å². The topological polar surface area (TPSA) is 88.2 Å². The van der Waals surface area contributed by atoms with Crippen LogP contribution in [0, 0.1) is 5.82 Å². The number of rotatable bonds is 7. The number of carboxylic acid groups (broad SMARTS) is 1. The molecule has 1 aromatic heterocycles. The van der Waals surface area contributed by atoms with Gasteiger partial charge in [0.15, 0.2) is 0 Å². The Labute approximate surface area is 114 Å². The van der Waals surface area contributed by atoms with E-state index in [0.29, 0.717) is 31.0 Å². The zero-order chi connectivity index (χ0) is 14.4. The highest BCUT2D eigenvalue weighted by molar-refractivity contribution is 5.66. The molecule has 0 atom stereocenters. The maximum absolute atomic E-state index is 13.1. The number of nitrogens with one attached hydrogen (secondary N) is 1. The molecule has 1 aromatic carbocycles. The summed E-state index contributed by atoms with van der Waals surface area (Å²) in [5, 5.41) is 19.2. The molecule has 2 N–H and O–H groups in total. The Hall–Kier alpha value is -2.28. The molecule has 0 spiro atoms. The molecule has 1 heterocycles. The number of carbonyl (C=O) groups is 1. The van der Waals surface area contributed by atoms with Crippen LogP contribution in [0.3, 0.4) is 0 Å². The van der Waals surface area contributed by atoms with Gasteiger partial charge in [-0.3, -0.25) is 4.79 Å². The van der Waals surface area contributed by atoms with Gasteiger partial charge in [0.25, 0.3) is 0 Å². The third-order valence-electron chi connectivity index (χ3n) is 2.56. The van der Waals surface area contributed by atoms with Gasteiger partial charge in [-0.25, -0.2) is 4.39 Å². The highest BCUT2D eigenvalue weighted by Crippen LogP contribution is 2.18. The Morgan fingerprint density at radius 3 is 3.00 bits per heavy atom. The van der Waals surface area contributed by atoms with E-state index in [9.17, 15) is 9.18 Å². The molecule has 20 heavy (non-hydrogen) atoms. The first-order chi connectivity index (χ1) is 9.65. The summed E-state index contributed by atoms with van der Waals surface area (Å²) in [5.41, 5.74) is 0.523. The maximum atomic E-state index is 13.1. The smallest absolute Gasteiger partial charge is 0.303 e. The van der Waals surface area contributed by atoms with Gasteiger partial charge >= 0.3 is 5.97 Å². The molecule has 0 fully saturated rings. The molecule has 0 saturated heterocycles. The molecule has 0 amide bonds. The molecule has 0 unspecified atom stereocenters. The normalized spacial score (nSPS) is 10.7. The average Bonchev–Trinajstić information content (AvgIpc) is 2.87. The quantitative estimate of drug-likeness (QED) is 0.752. The Balaban J connectivity index is 1.85. The van der Waals surface area contributed by atoms with Crippen molar-refractivity contribution in [2.45, 2.75) is 19.4 Å². The third kappa shape index (κ3) is 4.13. The summed E-state index contributed by atoms with van der Waals surface area (Å²) in [7, 11) is 0. The number of nitrogens with zero attached hydrogens (tertiary/aromatic N) is 2. The van der Waals surface area contributed by atoms with Crippen molar-refractivity contribution in [3.05, 3.63) is 36.0 Å². The minimum Gasteiger partial charge on any atom is -0.481 e. The van der Waals surface area contributed by atoms with Crippen molar-refractivity contribution in [3.63, 3.8) is 0 Å². The molecule has 0 aliphatic rings. The van der Waals surface area contributed by atoms with Gasteiger partial charge in [0, 0.05) is 12.0 Å². The van der Waals surface area contributed by atoms with E-state index in [1.807, 2.05) is 0 Å². The standard InChI is InChI=1S/C13H14FN3O3/c14-10-4-1-3-9(7-10)13-17-16-11(20-13)8-15-6-2-5-12(18)19/h1,3-4,7,15H,2,5-6,8H2,(H,18,19). The van der Waals surface area contributed by atoms with Crippen LogP contribution in [-0.4, -0.2) is 27.8 Å². The van der Waals surface area contributed by atoms with Gasteiger partial charge in [-0.2, -0.15) is 0 Å². The zero-order valence-electron chi connectivity index (χ0n) is 10.7. The minimum absolute atomic E-state index is 0.116. The van der Waals surface area contributed by atoms with Crippen molar-refractivity contribution in [2.75, 3.05) is 6.54 Å². The fourth-order valence-corrected chi connectivity index (χ4v) is 1.62. The van der Waals surface area contributed by atoms with E-state index in [4.69, 9.17) is 9.52 Å².